The number of pyridine rings is 1. The minimum Gasteiger partial charge on any atom is -0.353 e. The number of hydrogen-bond donors (Lipinski definition) is 0. The number of thiophene rings is 1. The van der Waals surface area contributed by atoms with E-state index in [2.05, 4.69) is 20.0 Å². The normalized spacial score (nSPS) is 14.7. The van der Waals surface area contributed by atoms with Gasteiger partial charge in [-0.1, -0.05) is 30.6 Å². The van der Waals surface area contributed by atoms with Crippen LogP contribution in [-0.4, -0.2) is 52.1 Å². The molecular formula is C19H20ClN5O2S. The third kappa shape index (κ3) is 3.88. The zero-order valence-electron chi connectivity index (χ0n) is 15.6. The summed E-state index contributed by atoms with van der Waals surface area (Å²) >= 11 is 7.26. The zero-order valence-corrected chi connectivity index (χ0v) is 17.2. The van der Waals surface area contributed by atoms with Crippen molar-refractivity contribution >= 4 is 34.7 Å². The Hall–Kier alpha value is -2.45. The Morgan fingerprint density at radius 1 is 1.18 bits per heavy atom. The predicted molar refractivity (Wildman–Crippen MR) is 109 cm³/mol. The van der Waals surface area contributed by atoms with Crippen molar-refractivity contribution in [2.45, 2.75) is 19.8 Å². The van der Waals surface area contributed by atoms with Crippen molar-refractivity contribution in [3.05, 3.63) is 45.6 Å². The SMILES string of the molecule is CC(C)c1nc(-c2ccc(N3CCN(C(=O)c4ccc(Cl)s4)CC3)nc2)no1. The second-order valence-corrected chi connectivity index (χ2v) is 8.61. The molecule has 0 N–H and O–H groups in total. The van der Waals surface area contributed by atoms with E-state index in [1.54, 1.807) is 18.3 Å². The number of amides is 1. The second-order valence-electron chi connectivity index (χ2n) is 6.90. The van der Waals surface area contributed by atoms with Crippen LogP contribution in [0, 0.1) is 0 Å². The Morgan fingerprint density at radius 2 is 1.96 bits per heavy atom. The molecule has 4 heterocycles. The van der Waals surface area contributed by atoms with Crippen LogP contribution in [0.4, 0.5) is 5.82 Å². The van der Waals surface area contributed by atoms with Crippen molar-refractivity contribution in [2.24, 2.45) is 0 Å². The summed E-state index contributed by atoms with van der Waals surface area (Å²) in [5, 5.41) is 4.02. The molecule has 1 fully saturated rings. The molecule has 1 saturated heterocycles. The highest BCUT2D eigenvalue weighted by Gasteiger charge is 2.24. The summed E-state index contributed by atoms with van der Waals surface area (Å²) in [5.74, 6) is 2.28. The van der Waals surface area contributed by atoms with E-state index in [1.807, 2.05) is 30.9 Å². The van der Waals surface area contributed by atoms with E-state index in [0.717, 1.165) is 24.5 Å². The van der Waals surface area contributed by atoms with Gasteiger partial charge in [-0.2, -0.15) is 4.98 Å². The maximum Gasteiger partial charge on any atom is 0.264 e. The van der Waals surface area contributed by atoms with Crippen LogP contribution >= 0.6 is 22.9 Å². The van der Waals surface area contributed by atoms with E-state index in [9.17, 15) is 4.79 Å². The molecule has 0 radical (unpaired) electrons. The van der Waals surface area contributed by atoms with Gasteiger partial charge in [-0.3, -0.25) is 4.79 Å². The van der Waals surface area contributed by atoms with Gasteiger partial charge in [0.2, 0.25) is 11.7 Å². The summed E-state index contributed by atoms with van der Waals surface area (Å²) in [4.78, 5) is 26.2. The van der Waals surface area contributed by atoms with E-state index in [1.165, 1.54) is 11.3 Å². The molecule has 1 aliphatic heterocycles. The number of carbonyl (C=O) groups is 1. The summed E-state index contributed by atoms with van der Waals surface area (Å²) < 4.78 is 5.89. The summed E-state index contributed by atoms with van der Waals surface area (Å²) in [7, 11) is 0. The third-order valence-electron chi connectivity index (χ3n) is 4.62. The summed E-state index contributed by atoms with van der Waals surface area (Å²) in [6.45, 7) is 6.79. The summed E-state index contributed by atoms with van der Waals surface area (Å²) in [5.41, 5.74) is 0.822. The highest BCUT2D eigenvalue weighted by molar-refractivity contribution is 7.17. The highest BCUT2D eigenvalue weighted by atomic mass is 35.5. The number of halogens is 1. The van der Waals surface area contributed by atoms with Gasteiger partial charge in [0, 0.05) is 43.9 Å². The van der Waals surface area contributed by atoms with E-state index in [-0.39, 0.29) is 11.8 Å². The largest absolute Gasteiger partial charge is 0.353 e. The van der Waals surface area contributed by atoms with Crippen LogP contribution in [0.25, 0.3) is 11.4 Å². The lowest BCUT2D eigenvalue weighted by Crippen LogP contribution is -2.48. The molecule has 0 spiro atoms. The average Bonchev–Trinajstić information content (AvgIpc) is 3.37. The summed E-state index contributed by atoms with van der Waals surface area (Å²) in [6.07, 6.45) is 1.76. The number of piperazine rings is 1. The molecule has 28 heavy (non-hydrogen) atoms. The molecule has 0 unspecified atom stereocenters. The van der Waals surface area contributed by atoms with Gasteiger partial charge < -0.3 is 14.3 Å². The average molecular weight is 418 g/mol. The van der Waals surface area contributed by atoms with Crippen LogP contribution in [-0.2, 0) is 0 Å². The van der Waals surface area contributed by atoms with Gasteiger partial charge in [-0.25, -0.2) is 4.98 Å². The molecule has 7 nitrogen and oxygen atoms in total. The van der Waals surface area contributed by atoms with Crippen molar-refractivity contribution in [3.63, 3.8) is 0 Å². The number of anilines is 1. The molecule has 0 bridgehead atoms. The quantitative estimate of drug-likeness (QED) is 0.640. The van der Waals surface area contributed by atoms with Crippen LogP contribution in [0.3, 0.4) is 0 Å². The fourth-order valence-electron chi connectivity index (χ4n) is 3.02. The van der Waals surface area contributed by atoms with Crippen molar-refractivity contribution in [3.8, 4) is 11.4 Å². The molecule has 9 heteroatoms. The number of nitrogens with zero attached hydrogens (tertiary/aromatic N) is 5. The molecule has 146 valence electrons. The lowest BCUT2D eigenvalue weighted by Gasteiger charge is -2.35. The zero-order chi connectivity index (χ0) is 19.7. The Morgan fingerprint density at radius 3 is 2.54 bits per heavy atom. The number of carbonyl (C=O) groups excluding carboxylic acids is 1. The topological polar surface area (TPSA) is 75.4 Å². The van der Waals surface area contributed by atoms with E-state index in [4.69, 9.17) is 16.1 Å². The lowest BCUT2D eigenvalue weighted by atomic mass is 10.2. The van der Waals surface area contributed by atoms with Crippen LogP contribution in [0.2, 0.25) is 4.34 Å². The van der Waals surface area contributed by atoms with Crippen molar-refractivity contribution in [1.82, 2.24) is 20.0 Å². The maximum atomic E-state index is 12.5. The van der Waals surface area contributed by atoms with Gasteiger partial charge in [0.1, 0.15) is 5.82 Å². The molecule has 1 amide bonds. The Kier molecular flexibility index (Phi) is 5.32. The van der Waals surface area contributed by atoms with E-state index in [0.29, 0.717) is 34.0 Å². The van der Waals surface area contributed by atoms with Crippen LogP contribution < -0.4 is 4.90 Å². The lowest BCUT2D eigenvalue weighted by molar-refractivity contribution is 0.0751. The van der Waals surface area contributed by atoms with Crippen LogP contribution in [0.1, 0.15) is 35.3 Å². The van der Waals surface area contributed by atoms with Gasteiger partial charge in [0.25, 0.3) is 5.91 Å². The molecule has 3 aromatic rings. The van der Waals surface area contributed by atoms with E-state index < -0.39 is 0 Å². The molecule has 0 aromatic carbocycles. The van der Waals surface area contributed by atoms with Crippen LogP contribution in [0.15, 0.2) is 35.0 Å². The molecule has 4 rings (SSSR count). The Balaban J connectivity index is 1.38. The molecular weight excluding hydrogens is 398 g/mol. The first kappa shape index (κ1) is 18.9. The van der Waals surface area contributed by atoms with E-state index >= 15 is 0 Å². The summed E-state index contributed by atoms with van der Waals surface area (Å²) in [6, 6.07) is 7.44. The minimum atomic E-state index is 0.0397. The minimum absolute atomic E-state index is 0.0397. The second kappa shape index (κ2) is 7.89. The molecule has 0 atom stereocenters. The van der Waals surface area contributed by atoms with Gasteiger partial charge in [-0.15, -0.1) is 11.3 Å². The number of rotatable bonds is 4. The third-order valence-corrected chi connectivity index (χ3v) is 5.84. The molecule has 0 aliphatic carbocycles. The monoisotopic (exact) mass is 417 g/mol. The van der Waals surface area contributed by atoms with Crippen LogP contribution in [0.5, 0.6) is 0 Å². The van der Waals surface area contributed by atoms with Crippen molar-refractivity contribution in [1.29, 1.82) is 0 Å². The predicted octanol–water partition coefficient (Wildman–Crippen LogP) is 3.93. The van der Waals surface area contributed by atoms with Gasteiger partial charge >= 0.3 is 0 Å². The first-order valence-corrected chi connectivity index (χ1v) is 10.3. The number of hydrogen-bond acceptors (Lipinski definition) is 7. The number of aromatic nitrogens is 3. The Labute approximate surface area is 171 Å². The first-order valence-electron chi connectivity index (χ1n) is 9.11. The fourth-order valence-corrected chi connectivity index (χ4v) is 4.03. The van der Waals surface area contributed by atoms with Gasteiger partial charge in [0.15, 0.2) is 0 Å². The maximum absolute atomic E-state index is 12.5. The highest BCUT2D eigenvalue weighted by Crippen LogP contribution is 2.24. The van der Waals surface area contributed by atoms with Crippen molar-refractivity contribution < 1.29 is 9.32 Å². The first-order chi connectivity index (χ1) is 13.5. The molecule has 1 aliphatic rings. The van der Waals surface area contributed by atoms with Crippen molar-refractivity contribution in [2.75, 3.05) is 31.1 Å². The smallest absolute Gasteiger partial charge is 0.264 e. The Bertz CT molecular complexity index is 961. The molecule has 3 aromatic heterocycles. The van der Waals surface area contributed by atoms with Gasteiger partial charge in [0.05, 0.1) is 9.21 Å². The fraction of sp³-hybridized carbons (Fsp3) is 0.368. The standard InChI is InChI=1S/C19H20ClN5O2S/c1-12(2)18-22-17(23-27-18)13-3-6-16(21-11-13)24-7-9-25(10-8-24)19(26)14-4-5-15(20)28-14/h3-6,11-12H,7-10H2,1-2H3. The molecule has 0 saturated carbocycles. The van der Waals surface area contributed by atoms with Gasteiger partial charge in [-0.05, 0) is 24.3 Å².